The molecule has 1 fully saturated rings. The van der Waals surface area contributed by atoms with Crippen molar-refractivity contribution < 1.29 is 17.9 Å². The van der Waals surface area contributed by atoms with Crippen LogP contribution in [0.15, 0.2) is 0 Å². The molecule has 1 saturated heterocycles. The molecular formula is C11H17F3N2O. The zero-order valence-corrected chi connectivity index (χ0v) is 9.76. The number of nitriles is 1. The van der Waals surface area contributed by atoms with E-state index in [1.54, 1.807) is 0 Å². The smallest absolute Gasteiger partial charge is 0.378 e. The highest BCUT2D eigenvalue weighted by molar-refractivity contribution is 4.90. The van der Waals surface area contributed by atoms with Gasteiger partial charge >= 0.3 is 6.18 Å². The first-order valence-corrected chi connectivity index (χ1v) is 5.77. The lowest BCUT2D eigenvalue weighted by Crippen LogP contribution is -2.36. The summed E-state index contributed by atoms with van der Waals surface area (Å²) < 4.78 is 42.3. The number of nitrogens with zero attached hydrogens (tertiary/aromatic N) is 1. The standard InChI is InChI=1S/C11H17F3N2O/c1-2-10-8(3-4-17-10)6-16-7-9(5-15)11(12,13)14/h8-10,16H,2-4,6-7H2,1H3. The topological polar surface area (TPSA) is 45.0 Å². The summed E-state index contributed by atoms with van der Waals surface area (Å²) >= 11 is 0. The van der Waals surface area contributed by atoms with Crippen LogP contribution in [0.4, 0.5) is 13.2 Å². The van der Waals surface area contributed by atoms with Gasteiger partial charge in [0, 0.05) is 19.7 Å². The van der Waals surface area contributed by atoms with Gasteiger partial charge < -0.3 is 10.1 Å². The van der Waals surface area contributed by atoms with E-state index in [4.69, 9.17) is 10.00 Å². The maximum atomic E-state index is 12.3. The van der Waals surface area contributed by atoms with Crippen LogP contribution >= 0.6 is 0 Å². The summed E-state index contributed by atoms with van der Waals surface area (Å²) in [6.45, 7) is 2.81. The summed E-state index contributed by atoms with van der Waals surface area (Å²) in [6, 6.07) is 1.27. The molecular weight excluding hydrogens is 233 g/mol. The number of nitrogens with one attached hydrogen (secondary N) is 1. The molecule has 98 valence electrons. The molecule has 0 spiro atoms. The zero-order valence-electron chi connectivity index (χ0n) is 9.76. The summed E-state index contributed by atoms with van der Waals surface area (Å²) in [5.74, 6) is -1.67. The van der Waals surface area contributed by atoms with E-state index in [2.05, 4.69) is 5.32 Å². The number of alkyl halides is 3. The molecule has 3 unspecified atom stereocenters. The summed E-state index contributed by atoms with van der Waals surface area (Å²) in [4.78, 5) is 0. The molecule has 0 bridgehead atoms. The van der Waals surface area contributed by atoms with Crippen molar-refractivity contribution in [3.63, 3.8) is 0 Å². The largest absolute Gasteiger partial charge is 0.405 e. The Morgan fingerprint density at radius 2 is 2.24 bits per heavy atom. The molecule has 6 heteroatoms. The molecule has 0 amide bonds. The van der Waals surface area contributed by atoms with Crippen LogP contribution in [-0.2, 0) is 4.74 Å². The third-order valence-electron chi connectivity index (χ3n) is 3.05. The van der Waals surface area contributed by atoms with Gasteiger partial charge in [0.2, 0.25) is 0 Å². The van der Waals surface area contributed by atoms with Crippen molar-refractivity contribution in [2.75, 3.05) is 19.7 Å². The summed E-state index contributed by atoms with van der Waals surface area (Å²) in [5, 5.41) is 11.1. The Labute approximate surface area is 98.9 Å². The molecule has 0 aromatic rings. The Balaban J connectivity index is 2.30. The summed E-state index contributed by atoms with van der Waals surface area (Å²) in [5.41, 5.74) is 0. The average Bonchev–Trinajstić information content (AvgIpc) is 2.69. The van der Waals surface area contributed by atoms with Crippen LogP contribution in [0.3, 0.4) is 0 Å². The highest BCUT2D eigenvalue weighted by Gasteiger charge is 2.39. The second-order valence-corrected chi connectivity index (χ2v) is 4.25. The highest BCUT2D eigenvalue weighted by Crippen LogP contribution is 2.26. The molecule has 17 heavy (non-hydrogen) atoms. The van der Waals surface area contributed by atoms with Crippen molar-refractivity contribution in [1.82, 2.24) is 5.32 Å². The van der Waals surface area contributed by atoms with Gasteiger partial charge in [-0.05, 0) is 18.8 Å². The van der Waals surface area contributed by atoms with E-state index in [1.807, 2.05) is 6.92 Å². The van der Waals surface area contributed by atoms with Gasteiger partial charge in [-0.2, -0.15) is 18.4 Å². The Morgan fingerprint density at radius 3 is 2.76 bits per heavy atom. The lowest BCUT2D eigenvalue weighted by atomic mass is 9.99. The number of hydrogen-bond donors (Lipinski definition) is 1. The van der Waals surface area contributed by atoms with E-state index in [1.165, 1.54) is 6.07 Å². The predicted octanol–water partition coefficient (Wildman–Crippen LogP) is 2.09. The van der Waals surface area contributed by atoms with Gasteiger partial charge in [0.1, 0.15) is 0 Å². The van der Waals surface area contributed by atoms with E-state index in [-0.39, 0.29) is 18.6 Å². The van der Waals surface area contributed by atoms with E-state index in [0.717, 1.165) is 12.8 Å². The van der Waals surface area contributed by atoms with Crippen LogP contribution in [0.2, 0.25) is 0 Å². The van der Waals surface area contributed by atoms with Crippen molar-refractivity contribution in [2.45, 2.75) is 32.0 Å². The minimum atomic E-state index is -4.45. The van der Waals surface area contributed by atoms with Crippen molar-refractivity contribution in [3.05, 3.63) is 0 Å². The van der Waals surface area contributed by atoms with Gasteiger partial charge in [0.05, 0.1) is 12.2 Å². The van der Waals surface area contributed by atoms with Gasteiger partial charge in [-0.1, -0.05) is 6.92 Å². The monoisotopic (exact) mass is 250 g/mol. The van der Waals surface area contributed by atoms with Crippen LogP contribution in [0.5, 0.6) is 0 Å². The van der Waals surface area contributed by atoms with Crippen LogP contribution in [0.25, 0.3) is 0 Å². The Morgan fingerprint density at radius 1 is 1.53 bits per heavy atom. The fourth-order valence-electron chi connectivity index (χ4n) is 2.03. The minimum Gasteiger partial charge on any atom is -0.378 e. The molecule has 1 N–H and O–H groups in total. The molecule has 0 radical (unpaired) electrons. The van der Waals surface area contributed by atoms with Gasteiger partial charge in [-0.15, -0.1) is 0 Å². The predicted molar refractivity (Wildman–Crippen MR) is 56.2 cm³/mol. The molecule has 1 aliphatic rings. The van der Waals surface area contributed by atoms with Crippen molar-refractivity contribution in [1.29, 1.82) is 5.26 Å². The first-order chi connectivity index (χ1) is 7.99. The first kappa shape index (κ1) is 14.3. The van der Waals surface area contributed by atoms with Crippen molar-refractivity contribution in [2.24, 2.45) is 11.8 Å². The van der Waals surface area contributed by atoms with Crippen LogP contribution in [0.1, 0.15) is 19.8 Å². The maximum Gasteiger partial charge on any atom is 0.405 e. The van der Waals surface area contributed by atoms with Gasteiger partial charge in [-0.3, -0.25) is 0 Å². The fraction of sp³-hybridized carbons (Fsp3) is 0.909. The number of hydrogen-bond acceptors (Lipinski definition) is 3. The maximum absolute atomic E-state index is 12.3. The van der Waals surface area contributed by atoms with E-state index >= 15 is 0 Å². The normalized spacial score (nSPS) is 26.8. The molecule has 0 aromatic carbocycles. The van der Waals surface area contributed by atoms with Crippen molar-refractivity contribution >= 4 is 0 Å². The fourth-order valence-corrected chi connectivity index (χ4v) is 2.03. The lowest BCUT2D eigenvalue weighted by Gasteiger charge is -2.19. The Bertz CT molecular complexity index is 275. The molecule has 1 aliphatic heterocycles. The van der Waals surface area contributed by atoms with E-state index in [0.29, 0.717) is 13.2 Å². The lowest BCUT2D eigenvalue weighted by molar-refractivity contribution is -0.157. The summed E-state index contributed by atoms with van der Waals surface area (Å²) in [7, 11) is 0. The molecule has 3 nitrogen and oxygen atoms in total. The molecule has 1 rings (SSSR count). The second kappa shape index (κ2) is 6.22. The van der Waals surface area contributed by atoms with Crippen LogP contribution < -0.4 is 5.32 Å². The molecule has 0 aliphatic carbocycles. The second-order valence-electron chi connectivity index (χ2n) is 4.25. The van der Waals surface area contributed by atoms with Gasteiger partial charge in [0.25, 0.3) is 0 Å². The van der Waals surface area contributed by atoms with Gasteiger partial charge in [0.15, 0.2) is 5.92 Å². The average molecular weight is 250 g/mol. The number of rotatable bonds is 5. The van der Waals surface area contributed by atoms with E-state index < -0.39 is 12.1 Å². The quantitative estimate of drug-likeness (QED) is 0.812. The molecule has 0 aromatic heterocycles. The third kappa shape index (κ3) is 4.17. The first-order valence-electron chi connectivity index (χ1n) is 5.77. The molecule has 3 atom stereocenters. The number of ether oxygens (including phenoxy) is 1. The van der Waals surface area contributed by atoms with Crippen molar-refractivity contribution in [3.8, 4) is 6.07 Å². The SMILES string of the molecule is CCC1OCCC1CNCC(C#N)C(F)(F)F. The minimum absolute atomic E-state index is 0.133. The van der Waals surface area contributed by atoms with Gasteiger partial charge in [-0.25, -0.2) is 0 Å². The highest BCUT2D eigenvalue weighted by atomic mass is 19.4. The van der Waals surface area contributed by atoms with Crippen LogP contribution in [-0.4, -0.2) is 32.0 Å². The zero-order chi connectivity index (χ0) is 12.9. The molecule has 1 heterocycles. The molecule has 0 saturated carbocycles. The number of halogens is 3. The van der Waals surface area contributed by atoms with E-state index in [9.17, 15) is 13.2 Å². The summed E-state index contributed by atoms with van der Waals surface area (Å²) in [6.07, 6.45) is -2.57. The van der Waals surface area contributed by atoms with Crippen LogP contribution in [0, 0.1) is 23.2 Å². The third-order valence-corrected chi connectivity index (χ3v) is 3.05. The Hall–Kier alpha value is -0.800. The Kier molecular flexibility index (Phi) is 5.22.